The fourth-order valence-corrected chi connectivity index (χ4v) is 3.00. The standard InChI is InChI=1S/C16H23FN2O/c1-2-5-14(18)15(20)19-16(10-3-4-11-16)12-6-8-13(17)9-7-12/h6-9,14H,2-5,10-11,18H2,1H3,(H,19,20). The van der Waals surface area contributed by atoms with Crippen LogP contribution in [0.1, 0.15) is 51.0 Å². The van der Waals surface area contributed by atoms with Gasteiger partial charge in [0.25, 0.3) is 0 Å². The van der Waals surface area contributed by atoms with Crippen molar-refractivity contribution in [3.05, 3.63) is 35.6 Å². The monoisotopic (exact) mass is 278 g/mol. The van der Waals surface area contributed by atoms with E-state index in [1.807, 2.05) is 6.92 Å². The van der Waals surface area contributed by atoms with Crippen LogP contribution in [0.4, 0.5) is 4.39 Å². The number of amides is 1. The predicted molar refractivity (Wildman–Crippen MR) is 77.6 cm³/mol. The summed E-state index contributed by atoms with van der Waals surface area (Å²) in [6.07, 6.45) is 5.50. The number of carbonyl (C=O) groups excluding carboxylic acids is 1. The molecule has 1 amide bonds. The third-order valence-electron chi connectivity index (χ3n) is 4.15. The Morgan fingerprint density at radius 1 is 1.35 bits per heavy atom. The maximum atomic E-state index is 13.1. The summed E-state index contributed by atoms with van der Waals surface area (Å²) in [5.74, 6) is -0.353. The summed E-state index contributed by atoms with van der Waals surface area (Å²) in [7, 11) is 0. The van der Waals surface area contributed by atoms with Crippen molar-refractivity contribution < 1.29 is 9.18 Å². The minimum Gasteiger partial charge on any atom is -0.345 e. The van der Waals surface area contributed by atoms with Crippen LogP contribution in [-0.2, 0) is 10.3 Å². The Labute approximate surface area is 119 Å². The van der Waals surface area contributed by atoms with E-state index in [9.17, 15) is 9.18 Å². The Bertz CT molecular complexity index is 452. The van der Waals surface area contributed by atoms with Gasteiger partial charge < -0.3 is 11.1 Å². The molecule has 1 fully saturated rings. The molecule has 0 spiro atoms. The van der Waals surface area contributed by atoms with E-state index in [1.54, 1.807) is 12.1 Å². The molecule has 2 rings (SSSR count). The van der Waals surface area contributed by atoms with Crippen LogP contribution in [-0.4, -0.2) is 11.9 Å². The van der Waals surface area contributed by atoms with Crippen molar-refractivity contribution in [3.8, 4) is 0 Å². The third kappa shape index (κ3) is 3.18. The Kier molecular flexibility index (Phi) is 4.76. The van der Waals surface area contributed by atoms with Gasteiger partial charge in [-0.15, -0.1) is 0 Å². The van der Waals surface area contributed by atoms with Gasteiger partial charge >= 0.3 is 0 Å². The topological polar surface area (TPSA) is 55.1 Å². The molecular weight excluding hydrogens is 255 g/mol. The van der Waals surface area contributed by atoms with Crippen LogP contribution in [0.2, 0.25) is 0 Å². The van der Waals surface area contributed by atoms with Crippen molar-refractivity contribution in [2.24, 2.45) is 5.73 Å². The molecule has 1 atom stereocenters. The molecule has 3 nitrogen and oxygen atoms in total. The molecule has 1 aromatic carbocycles. The van der Waals surface area contributed by atoms with Gasteiger partial charge in [-0.05, 0) is 37.0 Å². The highest BCUT2D eigenvalue weighted by molar-refractivity contribution is 5.82. The van der Waals surface area contributed by atoms with Crippen LogP contribution in [0.15, 0.2) is 24.3 Å². The number of halogens is 1. The second kappa shape index (κ2) is 6.35. The van der Waals surface area contributed by atoms with Crippen LogP contribution in [0, 0.1) is 5.82 Å². The van der Waals surface area contributed by atoms with Gasteiger partial charge in [0.2, 0.25) is 5.91 Å². The summed E-state index contributed by atoms with van der Waals surface area (Å²) in [6.45, 7) is 2.01. The maximum Gasteiger partial charge on any atom is 0.237 e. The van der Waals surface area contributed by atoms with E-state index in [0.717, 1.165) is 37.7 Å². The number of nitrogens with two attached hydrogens (primary N) is 1. The number of benzene rings is 1. The molecule has 4 heteroatoms. The van der Waals surface area contributed by atoms with Gasteiger partial charge in [-0.25, -0.2) is 4.39 Å². The molecule has 0 radical (unpaired) electrons. The van der Waals surface area contributed by atoms with E-state index >= 15 is 0 Å². The quantitative estimate of drug-likeness (QED) is 0.870. The Balaban J connectivity index is 2.18. The third-order valence-corrected chi connectivity index (χ3v) is 4.15. The first-order valence-electron chi connectivity index (χ1n) is 7.41. The van der Waals surface area contributed by atoms with E-state index in [1.165, 1.54) is 12.1 Å². The Morgan fingerprint density at radius 2 is 1.95 bits per heavy atom. The lowest BCUT2D eigenvalue weighted by Crippen LogP contribution is -2.50. The van der Waals surface area contributed by atoms with Gasteiger partial charge in [-0.1, -0.05) is 38.3 Å². The normalized spacial score (nSPS) is 18.8. The van der Waals surface area contributed by atoms with E-state index < -0.39 is 6.04 Å². The maximum absolute atomic E-state index is 13.1. The van der Waals surface area contributed by atoms with E-state index in [-0.39, 0.29) is 17.3 Å². The summed E-state index contributed by atoms with van der Waals surface area (Å²) in [5.41, 5.74) is 6.51. The fourth-order valence-electron chi connectivity index (χ4n) is 3.00. The largest absolute Gasteiger partial charge is 0.345 e. The molecule has 0 bridgehead atoms. The minimum absolute atomic E-state index is 0.0990. The predicted octanol–water partition coefficient (Wildman–Crippen LogP) is 2.84. The summed E-state index contributed by atoms with van der Waals surface area (Å²) < 4.78 is 13.1. The zero-order valence-corrected chi connectivity index (χ0v) is 12.0. The zero-order valence-electron chi connectivity index (χ0n) is 12.0. The molecule has 110 valence electrons. The second-order valence-corrected chi connectivity index (χ2v) is 5.68. The number of carbonyl (C=O) groups is 1. The minimum atomic E-state index is -0.460. The van der Waals surface area contributed by atoms with Crippen LogP contribution in [0.25, 0.3) is 0 Å². The molecule has 1 unspecified atom stereocenters. The molecule has 1 aliphatic carbocycles. The molecule has 20 heavy (non-hydrogen) atoms. The first kappa shape index (κ1) is 15.0. The summed E-state index contributed by atoms with van der Waals surface area (Å²) in [4.78, 5) is 12.2. The first-order valence-corrected chi connectivity index (χ1v) is 7.41. The molecule has 1 saturated carbocycles. The van der Waals surface area contributed by atoms with Crippen LogP contribution >= 0.6 is 0 Å². The van der Waals surface area contributed by atoms with Gasteiger partial charge in [0.05, 0.1) is 11.6 Å². The van der Waals surface area contributed by atoms with E-state index in [4.69, 9.17) is 5.73 Å². The molecule has 0 saturated heterocycles. The highest BCUT2D eigenvalue weighted by Crippen LogP contribution is 2.38. The average Bonchev–Trinajstić information content (AvgIpc) is 2.89. The molecule has 1 aromatic rings. The highest BCUT2D eigenvalue weighted by Gasteiger charge is 2.37. The molecule has 3 N–H and O–H groups in total. The lowest BCUT2D eigenvalue weighted by atomic mass is 9.87. The highest BCUT2D eigenvalue weighted by atomic mass is 19.1. The second-order valence-electron chi connectivity index (χ2n) is 5.68. The van der Waals surface area contributed by atoms with Crippen molar-refractivity contribution in [3.63, 3.8) is 0 Å². The first-order chi connectivity index (χ1) is 9.57. The molecule has 1 aliphatic rings. The summed E-state index contributed by atoms with van der Waals surface area (Å²) in [5, 5.41) is 3.13. The van der Waals surface area contributed by atoms with E-state index in [0.29, 0.717) is 6.42 Å². The van der Waals surface area contributed by atoms with Crippen LogP contribution in [0.3, 0.4) is 0 Å². The van der Waals surface area contributed by atoms with Gasteiger partial charge in [0, 0.05) is 0 Å². The van der Waals surface area contributed by atoms with Crippen molar-refractivity contribution in [2.45, 2.75) is 57.0 Å². The van der Waals surface area contributed by atoms with Gasteiger partial charge in [0.1, 0.15) is 5.82 Å². The van der Waals surface area contributed by atoms with Crippen LogP contribution in [0.5, 0.6) is 0 Å². The molecule has 0 heterocycles. The molecule has 0 aromatic heterocycles. The van der Waals surface area contributed by atoms with Crippen molar-refractivity contribution in [2.75, 3.05) is 0 Å². The number of nitrogens with one attached hydrogen (secondary N) is 1. The zero-order chi connectivity index (χ0) is 14.6. The van der Waals surface area contributed by atoms with Crippen molar-refractivity contribution >= 4 is 5.91 Å². The van der Waals surface area contributed by atoms with Crippen molar-refractivity contribution in [1.29, 1.82) is 0 Å². The van der Waals surface area contributed by atoms with Gasteiger partial charge in [-0.2, -0.15) is 0 Å². The fraction of sp³-hybridized carbons (Fsp3) is 0.562. The Morgan fingerprint density at radius 3 is 2.50 bits per heavy atom. The SMILES string of the molecule is CCCC(N)C(=O)NC1(c2ccc(F)cc2)CCCC1. The lowest BCUT2D eigenvalue weighted by Gasteiger charge is -2.32. The van der Waals surface area contributed by atoms with E-state index in [2.05, 4.69) is 5.32 Å². The van der Waals surface area contributed by atoms with Crippen molar-refractivity contribution in [1.82, 2.24) is 5.32 Å². The average molecular weight is 278 g/mol. The number of hydrogen-bond acceptors (Lipinski definition) is 2. The van der Waals surface area contributed by atoms with Gasteiger partial charge in [-0.3, -0.25) is 4.79 Å². The number of hydrogen-bond donors (Lipinski definition) is 2. The Hall–Kier alpha value is -1.42. The molecule has 0 aliphatic heterocycles. The lowest BCUT2D eigenvalue weighted by molar-refractivity contribution is -0.124. The smallest absolute Gasteiger partial charge is 0.237 e. The summed E-state index contributed by atoms with van der Waals surface area (Å²) in [6, 6.07) is 5.98. The number of rotatable bonds is 5. The van der Waals surface area contributed by atoms with Crippen LogP contribution < -0.4 is 11.1 Å². The van der Waals surface area contributed by atoms with Gasteiger partial charge in [0.15, 0.2) is 0 Å². The summed E-state index contributed by atoms with van der Waals surface area (Å²) >= 11 is 0. The molecular formula is C16H23FN2O.